The molecule has 30 heavy (non-hydrogen) atoms. The molecule has 1 aromatic heterocycles. The second-order valence-corrected chi connectivity index (χ2v) is 8.30. The first-order chi connectivity index (χ1) is 14.3. The number of nitrogens with one attached hydrogen (secondary N) is 1. The van der Waals surface area contributed by atoms with Gasteiger partial charge < -0.3 is 20.1 Å². The molecule has 0 spiro atoms. The molecular weight excluding hydrogens is 383 g/mol. The lowest BCUT2D eigenvalue weighted by Crippen LogP contribution is -2.33. The number of aliphatic hydroxyl groups excluding tert-OH is 1. The molecule has 6 nitrogen and oxygen atoms in total. The minimum Gasteiger partial charge on any atom is -0.385 e. The van der Waals surface area contributed by atoms with E-state index in [9.17, 15) is 19.9 Å². The van der Waals surface area contributed by atoms with Gasteiger partial charge in [-0.05, 0) is 68.5 Å². The smallest absolute Gasteiger partial charge is 0.206 e. The van der Waals surface area contributed by atoms with Crippen LogP contribution in [0.4, 0.5) is 10.3 Å². The molecule has 0 saturated heterocycles. The molecule has 7 heteroatoms. The normalized spacial score (nSPS) is 17.2. The van der Waals surface area contributed by atoms with Crippen LogP contribution >= 0.6 is 0 Å². The Morgan fingerprint density at radius 1 is 1.33 bits per heavy atom. The molecule has 1 aliphatic rings. The van der Waals surface area contributed by atoms with E-state index in [4.69, 9.17) is 0 Å². The van der Waals surface area contributed by atoms with Crippen LogP contribution in [0.1, 0.15) is 55.3 Å². The third-order valence-electron chi connectivity index (χ3n) is 5.95. The van der Waals surface area contributed by atoms with Gasteiger partial charge in [-0.25, -0.2) is 9.37 Å². The van der Waals surface area contributed by atoms with Crippen LogP contribution in [0.5, 0.6) is 0 Å². The molecule has 1 heterocycles. The van der Waals surface area contributed by atoms with Crippen molar-refractivity contribution < 1.29 is 14.6 Å². The van der Waals surface area contributed by atoms with Gasteiger partial charge in [0.25, 0.3) is 0 Å². The number of benzene rings is 2. The molecule has 2 atom stereocenters. The fraction of sp³-hybridized carbons (Fsp3) is 0.391. The van der Waals surface area contributed by atoms with Crippen LogP contribution in [0.25, 0.3) is 11.0 Å². The van der Waals surface area contributed by atoms with E-state index in [1.165, 1.54) is 24.3 Å². The molecule has 4 rings (SSSR count). The number of nitrogens with zero attached hydrogens (tertiary/aromatic N) is 3. The minimum absolute atomic E-state index is 0.00498. The van der Waals surface area contributed by atoms with Crippen molar-refractivity contribution in [2.24, 2.45) is 0 Å². The Balaban J connectivity index is 1.62. The summed E-state index contributed by atoms with van der Waals surface area (Å²) in [7, 11) is 0. The maximum atomic E-state index is 13.2. The average molecular weight is 408 g/mol. The topological polar surface area (TPSA) is 94.1 Å². The SMILES string of the molecule is Cc1cc2nc(NC(O)C[C@](C)(O)c3ccc(F)cc3)n(C3CCC3)c2cc1C#N. The van der Waals surface area contributed by atoms with Gasteiger partial charge in [0.05, 0.1) is 28.3 Å². The highest BCUT2D eigenvalue weighted by atomic mass is 19.1. The second-order valence-electron chi connectivity index (χ2n) is 8.30. The minimum atomic E-state index is -1.35. The van der Waals surface area contributed by atoms with E-state index in [1.54, 1.807) is 6.92 Å². The Morgan fingerprint density at radius 3 is 2.63 bits per heavy atom. The lowest BCUT2D eigenvalue weighted by atomic mass is 9.91. The van der Waals surface area contributed by atoms with Crippen LogP contribution in [-0.4, -0.2) is 26.0 Å². The summed E-state index contributed by atoms with van der Waals surface area (Å²) in [5.41, 5.74) is 2.26. The maximum absolute atomic E-state index is 13.2. The predicted molar refractivity (Wildman–Crippen MR) is 112 cm³/mol. The van der Waals surface area contributed by atoms with Gasteiger partial charge in [0.15, 0.2) is 0 Å². The molecule has 0 aliphatic heterocycles. The Morgan fingerprint density at radius 2 is 2.03 bits per heavy atom. The zero-order valence-corrected chi connectivity index (χ0v) is 17.1. The van der Waals surface area contributed by atoms with E-state index in [0.29, 0.717) is 17.1 Å². The summed E-state index contributed by atoms with van der Waals surface area (Å²) in [6.07, 6.45) is 2.08. The largest absolute Gasteiger partial charge is 0.385 e. The third-order valence-corrected chi connectivity index (χ3v) is 5.95. The summed E-state index contributed by atoms with van der Waals surface area (Å²) < 4.78 is 15.2. The third kappa shape index (κ3) is 3.76. The molecule has 0 bridgehead atoms. The number of imidazole rings is 1. The quantitative estimate of drug-likeness (QED) is 0.534. The second kappa shape index (κ2) is 7.71. The van der Waals surface area contributed by atoms with Crippen molar-refractivity contribution in [2.45, 2.75) is 57.4 Å². The van der Waals surface area contributed by atoms with Gasteiger partial charge in [-0.3, -0.25) is 0 Å². The number of anilines is 1. The van der Waals surface area contributed by atoms with Gasteiger partial charge in [-0.15, -0.1) is 0 Å². The summed E-state index contributed by atoms with van der Waals surface area (Å²) in [6, 6.07) is 11.8. The van der Waals surface area contributed by atoms with Gasteiger partial charge in [-0.1, -0.05) is 12.1 Å². The Bertz CT molecular complexity index is 1110. The van der Waals surface area contributed by atoms with Gasteiger partial charge in [-0.2, -0.15) is 5.26 Å². The summed E-state index contributed by atoms with van der Waals surface area (Å²) in [4.78, 5) is 4.66. The molecule has 1 saturated carbocycles. The lowest BCUT2D eigenvalue weighted by Gasteiger charge is -2.31. The number of aromatic nitrogens is 2. The van der Waals surface area contributed by atoms with Crippen molar-refractivity contribution in [1.29, 1.82) is 5.26 Å². The Kier molecular flexibility index (Phi) is 5.22. The van der Waals surface area contributed by atoms with Gasteiger partial charge in [0.1, 0.15) is 12.0 Å². The van der Waals surface area contributed by atoms with E-state index in [2.05, 4.69) is 20.9 Å². The van der Waals surface area contributed by atoms with Crippen molar-refractivity contribution in [1.82, 2.24) is 9.55 Å². The van der Waals surface area contributed by atoms with Crippen molar-refractivity contribution in [2.75, 3.05) is 5.32 Å². The maximum Gasteiger partial charge on any atom is 0.206 e. The molecule has 0 amide bonds. The van der Waals surface area contributed by atoms with Crippen LogP contribution < -0.4 is 5.32 Å². The zero-order chi connectivity index (χ0) is 21.5. The molecule has 0 radical (unpaired) electrons. The Hall–Kier alpha value is -2.95. The van der Waals surface area contributed by atoms with Crippen LogP contribution in [0.2, 0.25) is 0 Å². The van der Waals surface area contributed by atoms with Gasteiger partial charge in [0, 0.05) is 12.5 Å². The van der Waals surface area contributed by atoms with Crippen molar-refractivity contribution in [3.63, 3.8) is 0 Å². The first kappa shape index (κ1) is 20.3. The van der Waals surface area contributed by atoms with Crippen molar-refractivity contribution in [3.8, 4) is 6.07 Å². The summed E-state index contributed by atoms with van der Waals surface area (Å²) in [5, 5.41) is 33.9. The van der Waals surface area contributed by atoms with Crippen molar-refractivity contribution in [3.05, 3.63) is 58.9 Å². The van der Waals surface area contributed by atoms with E-state index < -0.39 is 11.8 Å². The molecule has 3 aromatic rings. The van der Waals surface area contributed by atoms with Crippen LogP contribution in [0.15, 0.2) is 36.4 Å². The standard InChI is InChI=1S/C23H25FN4O2/c1-14-10-19-20(11-15(14)13-25)28(18-4-3-5-18)22(26-19)27-21(29)12-23(2,30)16-6-8-17(24)9-7-16/h6-11,18,21,29-30H,3-5,12H2,1-2H3,(H,26,27)/t21?,23-/m0/s1. The van der Waals surface area contributed by atoms with Gasteiger partial charge in [0.2, 0.25) is 5.95 Å². The monoisotopic (exact) mass is 408 g/mol. The number of nitriles is 1. The number of halogens is 1. The fourth-order valence-corrected chi connectivity index (χ4v) is 3.99. The Labute approximate surface area is 174 Å². The van der Waals surface area contributed by atoms with Crippen LogP contribution in [0, 0.1) is 24.1 Å². The lowest BCUT2D eigenvalue weighted by molar-refractivity contribution is 0.00777. The summed E-state index contributed by atoms with van der Waals surface area (Å²) in [6.45, 7) is 3.46. The average Bonchev–Trinajstić information content (AvgIpc) is 2.96. The molecule has 2 aromatic carbocycles. The van der Waals surface area contributed by atoms with Crippen LogP contribution in [0.3, 0.4) is 0 Å². The van der Waals surface area contributed by atoms with Crippen molar-refractivity contribution >= 4 is 17.0 Å². The molecule has 1 aliphatic carbocycles. The first-order valence-electron chi connectivity index (χ1n) is 10.1. The number of hydrogen-bond donors (Lipinski definition) is 3. The van der Waals surface area contributed by atoms with E-state index in [1.807, 2.05) is 19.1 Å². The fourth-order valence-electron chi connectivity index (χ4n) is 3.99. The van der Waals surface area contributed by atoms with Crippen LogP contribution in [-0.2, 0) is 5.60 Å². The molecule has 156 valence electrons. The molecule has 3 N–H and O–H groups in total. The van der Waals surface area contributed by atoms with E-state index in [0.717, 1.165) is 35.9 Å². The molecule has 1 fully saturated rings. The number of aliphatic hydroxyl groups is 2. The predicted octanol–water partition coefficient (Wildman–Crippen LogP) is 4.11. The highest BCUT2D eigenvalue weighted by Gasteiger charge is 2.30. The number of fused-ring (bicyclic) bond motifs is 1. The summed E-state index contributed by atoms with van der Waals surface area (Å²) in [5.74, 6) is 0.140. The van der Waals surface area contributed by atoms with Gasteiger partial charge >= 0.3 is 0 Å². The molecular formula is C23H25FN4O2. The number of aryl methyl sites for hydroxylation is 1. The number of rotatable bonds is 6. The first-order valence-corrected chi connectivity index (χ1v) is 10.1. The highest BCUT2D eigenvalue weighted by molar-refractivity contribution is 5.81. The van der Waals surface area contributed by atoms with E-state index >= 15 is 0 Å². The highest BCUT2D eigenvalue weighted by Crippen LogP contribution is 2.38. The summed E-state index contributed by atoms with van der Waals surface area (Å²) >= 11 is 0. The number of hydrogen-bond acceptors (Lipinski definition) is 5. The molecule has 1 unspecified atom stereocenters. The van der Waals surface area contributed by atoms with E-state index in [-0.39, 0.29) is 18.3 Å². The zero-order valence-electron chi connectivity index (χ0n) is 17.1.